The van der Waals surface area contributed by atoms with Crippen LogP contribution in [0.4, 0.5) is 0 Å². The van der Waals surface area contributed by atoms with Gasteiger partial charge in [0.25, 0.3) is 0 Å². The van der Waals surface area contributed by atoms with Crippen molar-refractivity contribution in [2.24, 2.45) is 0 Å². The van der Waals surface area contributed by atoms with Crippen molar-refractivity contribution in [2.75, 3.05) is 0 Å². The molecule has 0 aliphatic carbocycles. The highest BCUT2D eigenvalue weighted by Gasteiger charge is 2.19. The van der Waals surface area contributed by atoms with Gasteiger partial charge in [-0.2, -0.15) is 0 Å². The Morgan fingerprint density at radius 2 is 2.00 bits per heavy atom. The largest absolute Gasteiger partial charge is 0.358 e. The lowest BCUT2D eigenvalue weighted by Gasteiger charge is -2.03. The van der Waals surface area contributed by atoms with Crippen molar-refractivity contribution >= 4 is 28.8 Å². The minimum atomic E-state index is -4.17. The third-order valence-electron chi connectivity index (χ3n) is 1.06. The molecule has 0 aliphatic rings. The summed E-state index contributed by atoms with van der Waals surface area (Å²) in [6, 6.07) is 1.48. The van der Waals surface area contributed by atoms with Crippen LogP contribution in [-0.2, 0) is 4.57 Å². The maximum absolute atomic E-state index is 10.7. The lowest BCUT2D eigenvalue weighted by molar-refractivity contribution is 0.387. The SMILES string of the molecule is CCC.O=P(O)(O)c1cnccc1Br. The first-order chi connectivity index (χ1) is 6.43. The molecule has 4 nitrogen and oxygen atoms in total. The van der Waals surface area contributed by atoms with Crippen molar-refractivity contribution in [1.29, 1.82) is 0 Å². The number of halogens is 1. The average Bonchev–Trinajstić information content (AvgIpc) is 2.04. The monoisotopic (exact) mass is 281 g/mol. The molecule has 1 aromatic rings. The molecule has 1 aromatic heterocycles. The van der Waals surface area contributed by atoms with E-state index in [9.17, 15) is 4.57 Å². The summed E-state index contributed by atoms with van der Waals surface area (Å²) in [4.78, 5) is 21.0. The van der Waals surface area contributed by atoms with Crippen LogP contribution in [0.2, 0.25) is 0 Å². The van der Waals surface area contributed by atoms with E-state index in [0.717, 1.165) is 6.20 Å². The zero-order chi connectivity index (χ0) is 11.2. The van der Waals surface area contributed by atoms with Gasteiger partial charge in [0.15, 0.2) is 0 Å². The Kier molecular flexibility index (Phi) is 6.20. The molecule has 0 bridgehead atoms. The first-order valence-electron chi connectivity index (χ1n) is 4.09. The van der Waals surface area contributed by atoms with Crippen molar-refractivity contribution in [1.82, 2.24) is 4.98 Å². The van der Waals surface area contributed by atoms with Gasteiger partial charge in [0, 0.05) is 16.9 Å². The number of nitrogens with zero attached hydrogens (tertiary/aromatic N) is 1. The summed E-state index contributed by atoms with van der Waals surface area (Å²) in [7, 11) is -4.17. The van der Waals surface area contributed by atoms with E-state index in [-0.39, 0.29) is 5.30 Å². The summed E-state index contributed by atoms with van der Waals surface area (Å²) in [5, 5.41) is -0.0833. The van der Waals surface area contributed by atoms with Crippen LogP contribution in [0, 0.1) is 0 Å². The second-order valence-corrected chi connectivity index (χ2v) is 5.00. The Morgan fingerprint density at radius 1 is 1.50 bits per heavy atom. The molecular weight excluding hydrogens is 269 g/mol. The standard InChI is InChI=1S/C5H5BrNO3P.C3H8/c6-4-1-2-7-3-5(4)11(8,9)10;1-3-2/h1-3H,(H2,8,9,10);3H2,1-2H3. The molecular formula is C8H13BrNO3P. The minimum Gasteiger partial charge on any atom is -0.321 e. The molecule has 14 heavy (non-hydrogen) atoms. The Balaban J connectivity index is 0.000000500. The quantitative estimate of drug-likeness (QED) is 0.773. The smallest absolute Gasteiger partial charge is 0.321 e. The van der Waals surface area contributed by atoms with Crippen molar-refractivity contribution in [3.8, 4) is 0 Å². The van der Waals surface area contributed by atoms with Crippen LogP contribution >= 0.6 is 23.5 Å². The van der Waals surface area contributed by atoms with Crippen LogP contribution < -0.4 is 5.30 Å². The Labute approximate surface area is 91.7 Å². The number of rotatable bonds is 1. The molecule has 0 amide bonds. The van der Waals surface area contributed by atoms with E-state index < -0.39 is 7.60 Å². The zero-order valence-electron chi connectivity index (χ0n) is 8.01. The highest BCUT2D eigenvalue weighted by atomic mass is 79.9. The third-order valence-corrected chi connectivity index (χ3v) is 3.04. The predicted octanol–water partition coefficient (Wildman–Crippen LogP) is 2.06. The molecule has 1 heterocycles. The predicted molar refractivity (Wildman–Crippen MR) is 59.6 cm³/mol. The van der Waals surface area contributed by atoms with Gasteiger partial charge in [-0.15, -0.1) is 0 Å². The fourth-order valence-electron chi connectivity index (χ4n) is 0.583. The highest BCUT2D eigenvalue weighted by molar-refractivity contribution is 9.10. The maximum atomic E-state index is 10.7. The van der Waals surface area contributed by atoms with Crippen LogP contribution in [0.5, 0.6) is 0 Å². The number of hydrogen-bond acceptors (Lipinski definition) is 2. The molecule has 0 aliphatic heterocycles. The van der Waals surface area contributed by atoms with E-state index in [2.05, 4.69) is 34.8 Å². The van der Waals surface area contributed by atoms with Crippen LogP contribution in [0.15, 0.2) is 22.9 Å². The summed E-state index contributed by atoms with van der Waals surface area (Å²) >= 11 is 3.00. The van der Waals surface area contributed by atoms with Gasteiger partial charge < -0.3 is 9.79 Å². The normalized spacial score (nSPS) is 10.4. The molecule has 2 N–H and O–H groups in total. The van der Waals surface area contributed by atoms with Gasteiger partial charge >= 0.3 is 7.60 Å². The van der Waals surface area contributed by atoms with Gasteiger partial charge in [-0.25, -0.2) is 0 Å². The Bertz CT molecular complexity index is 326. The maximum Gasteiger partial charge on any atom is 0.358 e. The Hall–Kier alpha value is -0.220. The summed E-state index contributed by atoms with van der Waals surface area (Å²) in [5.74, 6) is 0. The Morgan fingerprint density at radius 3 is 2.29 bits per heavy atom. The minimum absolute atomic E-state index is 0.0833. The third kappa shape index (κ3) is 4.86. The topological polar surface area (TPSA) is 70.4 Å². The molecule has 0 atom stereocenters. The van der Waals surface area contributed by atoms with Crippen molar-refractivity contribution < 1.29 is 14.4 Å². The van der Waals surface area contributed by atoms with Gasteiger partial charge in [-0.3, -0.25) is 9.55 Å². The van der Waals surface area contributed by atoms with Gasteiger partial charge in [0.1, 0.15) is 0 Å². The lowest BCUT2D eigenvalue weighted by Crippen LogP contribution is -2.05. The zero-order valence-corrected chi connectivity index (χ0v) is 10.5. The number of pyridine rings is 1. The number of hydrogen-bond donors (Lipinski definition) is 2. The molecule has 1 rings (SSSR count). The van der Waals surface area contributed by atoms with Crippen LogP contribution in [-0.4, -0.2) is 14.8 Å². The molecule has 0 saturated carbocycles. The average molecular weight is 282 g/mol. The van der Waals surface area contributed by atoms with Gasteiger partial charge in [-0.05, 0) is 22.0 Å². The van der Waals surface area contributed by atoms with Gasteiger partial charge in [0.2, 0.25) is 0 Å². The van der Waals surface area contributed by atoms with E-state index in [1.807, 2.05) is 0 Å². The van der Waals surface area contributed by atoms with E-state index >= 15 is 0 Å². The first-order valence-corrected chi connectivity index (χ1v) is 6.49. The summed E-state index contributed by atoms with van der Waals surface area (Å²) < 4.78 is 11.1. The molecule has 0 saturated heterocycles. The molecule has 0 unspecified atom stereocenters. The van der Waals surface area contributed by atoms with Crippen LogP contribution in [0.3, 0.4) is 0 Å². The number of aromatic nitrogens is 1. The van der Waals surface area contributed by atoms with Crippen molar-refractivity contribution in [3.63, 3.8) is 0 Å². The van der Waals surface area contributed by atoms with E-state index in [1.165, 1.54) is 18.7 Å². The molecule has 6 heteroatoms. The molecule has 0 aromatic carbocycles. The van der Waals surface area contributed by atoms with Crippen LogP contribution in [0.1, 0.15) is 20.3 Å². The van der Waals surface area contributed by atoms with Gasteiger partial charge in [-0.1, -0.05) is 20.3 Å². The highest BCUT2D eigenvalue weighted by Crippen LogP contribution is 2.35. The molecule has 0 spiro atoms. The summed E-state index contributed by atoms with van der Waals surface area (Å²) in [6.07, 6.45) is 3.84. The van der Waals surface area contributed by atoms with Gasteiger partial charge in [0.05, 0.1) is 5.30 Å². The van der Waals surface area contributed by atoms with Crippen molar-refractivity contribution in [2.45, 2.75) is 20.3 Å². The first kappa shape index (κ1) is 13.8. The molecule has 0 fully saturated rings. The fourth-order valence-corrected chi connectivity index (χ4v) is 2.07. The summed E-state index contributed by atoms with van der Waals surface area (Å²) in [6.45, 7) is 4.25. The molecule has 80 valence electrons. The van der Waals surface area contributed by atoms with Crippen molar-refractivity contribution in [3.05, 3.63) is 22.9 Å². The van der Waals surface area contributed by atoms with E-state index in [0.29, 0.717) is 4.47 Å². The lowest BCUT2D eigenvalue weighted by atomic mass is 10.5. The van der Waals surface area contributed by atoms with E-state index in [4.69, 9.17) is 9.79 Å². The second kappa shape index (κ2) is 6.30. The summed E-state index contributed by atoms with van der Waals surface area (Å²) in [5.41, 5.74) is 0. The second-order valence-electron chi connectivity index (χ2n) is 2.58. The van der Waals surface area contributed by atoms with Crippen LogP contribution in [0.25, 0.3) is 0 Å². The molecule has 0 radical (unpaired) electrons. The van der Waals surface area contributed by atoms with E-state index in [1.54, 1.807) is 0 Å². The fraction of sp³-hybridized carbons (Fsp3) is 0.375.